The summed E-state index contributed by atoms with van der Waals surface area (Å²) in [6.07, 6.45) is 0. The van der Waals surface area contributed by atoms with Crippen molar-refractivity contribution >= 4 is 22.4 Å². The van der Waals surface area contributed by atoms with Crippen LogP contribution >= 0.6 is 12.4 Å². The molecule has 0 aliphatic carbocycles. The summed E-state index contributed by atoms with van der Waals surface area (Å²) in [5.41, 5.74) is 0.905. The third kappa shape index (κ3) is 3.25. The largest absolute Gasteiger partial charge is 0.495 e. The molecule has 1 saturated heterocycles. The second-order valence-electron chi connectivity index (χ2n) is 4.82. The molecule has 0 amide bonds. The molecule has 0 spiro atoms. The SMILES string of the molecule is COc1ccc(C)cc1S(=O)(=O)N1CCNCC1C.Cl. The van der Waals surface area contributed by atoms with Gasteiger partial charge in [-0.25, -0.2) is 8.42 Å². The monoisotopic (exact) mass is 320 g/mol. The molecule has 1 heterocycles. The third-order valence-corrected chi connectivity index (χ3v) is 5.38. The molecule has 1 unspecified atom stereocenters. The normalized spacial score (nSPS) is 20.2. The van der Waals surface area contributed by atoms with E-state index < -0.39 is 10.0 Å². The molecule has 1 aliphatic heterocycles. The minimum absolute atomic E-state index is 0. The van der Waals surface area contributed by atoms with Crippen molar-refractivity contribution in [2.45, 2.75) is 24.8 Å². The minimum atomic E-state index is -3.51. The second-order valence-corrected chi connectivity index (χ2v) is 6.68. The molecule has 0 bridgehead atoms. The van der Waals surface area contributed by atoms with Crippen LogP contribution in [0.15, 0.2) is 23.1 Å². The molecule has 0 aromatic heterocycles. The van der Waals surface area contributed by atoms with Crippen molar-refractivity contribution in [1.29, 1.82) is 0 Å². The number of nitrogens with one attached hydrogen (secondary N) is 1. The molecule has 114 valence electrons. The molecule has 20 heavy (non-hydrogen) atoms. The van der Waals surface area contributed by atoms with Gasteiger partial charge in [-0.3, -0.25) is 0 Å². The van der Waals surface area contributed by atoms with Crippen LogP contribution in [-0.2, 0) is 10.0 Å². The average molecular weight is 321 g/mol. The van der Waals surface area contributed by atoms with E-state index in [4.69, 9.17) is 4.74 Å². The fourth-order valence-electron chi connectivity index (χ4n) is 2.29. The fraction of sp³-hybridized carbons (Fsp3) is 0.538. The van der Waals surface area contributed by atoms with Crippen LogP contribution in [-0.4, -0.2) is 45.5 Å². The number of methoxy groups -OCH3 is 1. The Bertz CT molecular complexity index is 563. The van der Waals surface area contributed by atoms with Crippen molar-refractivity contribution in [1.82, 2.24) is 9.62 Å². The first kappa shape index (κ1) is 17.2. The number of aryl methyl sites for hydroxylation is 1. The Morgan fingerprint density at radius 1 is 1.40 bits per heavy atom. The van der Waals surface area contributed by atoms with Crippen LogP contribution in [0.3, 0.4) is 0 Å². The summed E-state index contributed by atoms with van der Waals surface area (Å²) >= 11 is 0. The molecule has 1 atom stereocenters. The van der Waals surface area contributed by atoms with E-state index in [-0.39, 0.29) is 23.3 Å². The number of ether oxygens (including phenoxy) is 1. The lowest BCUT2D eigenvalue weighted by Gasteiger charge is -2.33. The zero-order chi connectivity index (χ0) is 14.0. The molecule has 0 radical (unpaired) electrons. The van der Waals surface area contributed by atoms with Gasteiger partial charge >= 0.3 is 0 Å². The lowest BCUT2D eigenvalue weighted by molar-refractivity contribution is 0.282. The van der Waals surface area contributed by atoms with Crippen LogP contribution in [0.1, 0.15) is 12.5 Å². The van der Waals surface area contributed by atoms with E-state index in [0.29, 0.717) is 25.4 Å². The van der Waals surface area contributed by atoms with Crippen LogP contribution in [0.4, 0.5) is 0 Å². The summed E-state index contributed by atoms with van der Waals surface area (Å²) in [5, 5.41) is 3.19. The van der Waals surface area contributed by atoms with Gasteiger partial charge < -0.3 is 10.1 Å². The Morgan fingerprint density at radius 3 is 2.70 bits per heavy atom. The van der Waals surface area contributed by atoms with Crippen LogP contribution in [0, 0.1) is 6.92 Å². The van der Waals surface area contributed by atoms with Crippen LogP contribution in [0.2, 0.25) is 0 Å². The Morgan fingerprint density at radius 2 is 2.10 bits per heavy atom. The Labute approximate surface area is 126 Å². The molecule has 5 nitrogen and oxygen atoms in total. The first-order chi connectivity index (χ1) is 8.96. The molecule has 1 aromatic rings. The van der Waals surface area contributed by atoms with Crippen LogP contribution in [0.5, 0.6) is 5.75 Å². The number of rotatable bonds is 3. The lowest BCUT2D eigenvalue weighted by Crippen LogP contribution is -2.52. The van der Waals surface area contributed by atoms with Gasteiger partial charge in [-0.05, 0) is 31.5 Å². The first-order valence-corrected chi connectivity index (χ1v) is 7.78. The Hall–Kier alpha value is -0.820. The van der Waals surface area contributed by atoms with Gasteiger partial charge in [0.05, 0.1) is 7.11 Å². The van der Waals surface area contributed by atoms with E-state index in [1.54, 1.807) is 16.4 Å². The van der Waals surface area contributed by atoms with E-state index in [1.165, 1.54) is 7.11 Å². The van der Waals surface area contributed by atoms with Crippen molar-refractivity contribution in [3.8, 4) is 5.75 Å². The summed E-state index contributed by atoms with van der Waals surface area (Å²) in [5.74, 6) is 0.399. The van der Waals surface area contributed by atoms with Gasteiger partial charge in [-0.1, -0.05) is 6.07 Å². The Kier molecular flexibility index (Phi) is 5.82. The van der Waals surface area contributed by atoms with Crippen molar-refractivity contribution in [2.75, 3.05) is 26.7 Å². The number of sulfonamides is 1. The first-order valence-electron chi connectivity index (χ1n) is 6.34. The van der Waals surface area contributed by atoms with Gasteiger partial charge in [0.1, 0.15) is 10.6 Å². The van der Waals surface area contributed by atoms with Crippen molar-refractivity contribution < 1.29 is 13.2 Å². The molecular formula is C13H21ClN2O3S. The lowest BCUT2D eigenvalue weighted by atomic mass is 10.2. The highest BCUT2D eigenvalue weighted by Crippen LogP contribution is 2.29. The van der Waals surface area contributed by atoms with Crippen molar-refractivity contribution in [2.24, 2.45) is 0 Å². The zero-order valence-corrected chi connectivity index (χ0v) is 13.6. The zero-order valence-electron chi connectivity index (χ0n) is 11.9. The molecular weight excluding hydrogens is 300 g/mol. The second kappa shape index (κ2) is 6.76. The summed E-state index contributed by atoms with van der Waals surface area (Å²) in [6.45, 7) is 5.62. The number of hydrogen-bond donors (Lipinski definition) is 1. The number of halogens is 1. The van der Waals surface area contributed by atoms with Gasteiger partial charge in [-0.2, -0.15) is 4.31 Å². The maximum Gasteiger partial charge on any atom is 0.247 e. The van der Waals surface area contributed by atoms with E-state index in [1.807, 2.05) is 19.9 Å². The maximum atomic E-state index is 12.7. The quantitative estimate of drug-likeness (QED) is 0.915. The van der Waals surface area contributed by atoms with Gasteiger partial charge in [-0.15, -0.1) is 12.4 Å². The fourth-order valence-corrected chi connectivity index (χ4v) is 4.16. The van der Waals surface area contributed by atoms with E-state index >= 15 is 0 Å². The predicted octanol–water partition coefficient (Wildman–Crippen LogP) is 1.41. The van der Waals surface area contributed by atoms with E-state index in [2.05, 4.69) is 5.32 Å². The molecule has 0 saturated carbocycles. The topological polar surface area (TPSA) is 58.6 Å². The summed E-state index contributed by atoms with van der Waals surface area (Å²) in [6, 6.07) is 5.17. The van der Waals surface area contributed by atoms with E-state index in [0.717, 1.165) is 5.56 Å². The Balaban J connectivity index is 0.00000200. The highest BCUT2D eigenvalue weighted by atomic mass is 35.5. The highest BCUT2D eigenvalue weighted by Gasteiger charge is 2.32. The average Bonchev–Trinajstić information content (AvgIpc) is 2.39. The summed E-state index contributed by atoms with van der Waals surface area (Å²) in [4.78, 5) is 0.253. The molecule has 1 aliphatic rings. The number of nitrogens with zero attached hydrogens (tertiary/aromatic N) is 1. The van der Waals surface area contributed by atoms with E-state index in [9.17, 15) is 8.42 Å². The predicted molar refractivity (Wildman–Crippen MR) is 81.2 cm³/mol. The molecule has 2 rings (SSSR count). The van der Waals surface area contributed by atoms with Gasteiger partial charge in [0, 0.05) is 25.7 Å². The number of piperazine rings is 1. The molecule has 1 N–H and O–H groups in total. The van der Waals surface area contributed by atoms with Crippen LogP contribution in [0.25, 0.3) is 0 Å². The number of hydrogen-bond acceptors (Lipinski definition) is 4. The van der Waals surface area contributed by atoms with Gasteiger partial charge in [0.2, 0.25) is 10.0 Å². The van der Waals surface area contributed by atoms with Gasteiger partial charge in [0.25, 0.3) is 0 Å². The van der Waals surface area contributed by atoms with Crippen molar-refractivity contribution in [3.63, 3.8) is 0 Å². The third-order valence-electron chi connectivity index (χ3n) is 3.35. The molecule has 1 aromatic carbocycles. The standard InChI is InChI=1S/C13H20N2O3S.ClH/c1-10-4-5-12(18-3)13(8-10)19(16,17)15-7-6-14-9-11(15)2;/h4-5,8,11,14H,6-7,9H2,1-3H3;1H. The molecule has 1 fully saturated rings. The maximum absolute atomic E-state index is 12.7. The smallest absolute Gasteiger partial charge is 0.247 e. The minimum Gasteiger partial charge on any atom is -0.495 e. The molecule has 7 heteroatoms. The highest BCUT2D eigenvalue weighted by molar-refractivity contribution is 7.89. The van der Waals surface area contributed by atoms with Crippen LogP contribution < -0.4 is 10.1 Å². The number of benzene rings is 1. The summed E-state index contributed by atoms with van der Waals surface area (Å²) in [7, 11) is -2.02. The van der Waals surface area contributed by atoms with Gasteiger partial charge in [0.15, 0.2) is 0 Å². The van der Waals surface area contributed by atoms with Crippen molar-refractivity contribution in [3.05, 3.63) is 23.8 Å². The summed E-state index contributed by atoms with van der Waals surface area (Å²) < 4.78 is 32.2.